The third kappa shape index (κ3) is 3.20. The smallest absolute Gasteiger partial charge is 0.122 e. The summed E-state index contributed by atoms with van der Waals surface area (Å²) in [5, 5.41) is 0. The number of hydrogen-bond donors (Lipinski definition) is 1. The molecule has 3 heteroatoms. The van der Waals surface area contributed by atoms with Gasteiger partial charge in [0.1, 0.15) is 12.4 Å². The highest BCUT2D eigenvalue weighted by molar-refractivity contribution is 5.36. The van der Waals surface area contributed by atoms with Crippen LogP contribution in [0.3, 0.4) is 0 Å². The van der Waals surface area contributed by atoms with E-state index in [0.717, 1.165) is 38.2 Å². The van der Waals surface area contributed by atoms with E-state index in [1.807, 2.05) is 25.1 Å². The molecule has 1 aliphatic rings. The number of hydrogen-bond acceptors (Lipinski definition) is 3. The lowest BCUT2D eigenvalue weighted by Gasteiger charge is -2.34. The van der Waals surface area contributed by atoms with Crippen LogP contribution in [0.2, 0.25) is 0 Å². The van der Waals surface area contributed by atoms with E-state index in [2.05, 4.69) is 6.07 Å². The lowest BCUT2D eigenvalue weighted by molar-refractivity contribution is 0.123. The zero-order valence-electron chi connectivity index (χ0n) is 10.4. The molecule has 1 aromatic rings. The van der Waals surface area contributed by atoms with Gasteiger partial charge in [-0.05, 0) is 37.8 Å². The summed E-state index contributed by atoms with van der Waals surface area (Å²) in [6, 6.07) is 8.14. The Hall–Kier alpha value is -1.06. The van der Waals surface area contributed by atoms with Crippen LogP contribution in [-0.4, -0.2) is 25.4 Å². The lowest BCUT2D eigenvalue weighted by atomic mass is 9.86. The maximum Gasteiger partial charge on any atom is 0.122 e. The Bertz CT molecular complexity index is 367. The molecule has 0 aromatic heterocycles. The van der Waals surface area contributed by atoms with Crippen LogP contribution in [0.5, 0.6) is 5.75 Å². The first kappa shape index (κ1) is 12.4. The normalized spacial score (nSPS) is 22.9. The Morgan fingerprint density at radius 1 is 1.41 bits per heavy atom. The molecule has 1 atom stereocenters. The van der Waals surface area contributed by atoms with E-state index in [0.29, 0.717) is 6.61 Å². The van der Waals surface area contributed by atoms with E-state index >= 15 is 0 Å². The molecule has 2 N–H and O–H groups in total. The van der Waals surface area contributed by atoms with Crippen molar-refractivity contribution in [1.29, 1.82) is 0 Å². The molecule has 2 rings (SSSR count). The number of fused-ring (bicyclic) bond motifs is 1. The summed E-state index contributed by atoms with van der Waals surface area (Å²) >= 11 is 0. The second kappa shape index (κ2) is 5.52. The summed E-state index contributed by atoms with van der Waals surface area (Å²) < 4.78 is 11.1. The van der Waals surface area contributed by atoms with Gasteiger partial charge in [0.05, 0.1) is 5.54 Å². The van der Waals surface area contributed by atoms with Crippen LogP contribution in [-0.2, 0) is 11.2 Å². The van der Waals surface area contributed by atoms with Crippen LogP contribution in [0.25, 0.3) is 0 Å². The first-order chi connectivity index (χ1) is 8.23. The summed E-state index contributed by atoms with van der Waals surface area (Å²) in [6.07, 6.45) is 2.84. The fourth-order valence-electron chi connectivity index (χ4n) is 2.27. The first-order valence-electron chi connectivity index (χ1n) is 6.31. The van der Waals surface area contributed by atoms with E-state index in [1.54, 1.807) is 0 Å². The van der Waals surface area contributed by atoms with E-state index in [-0.39, 0.29) is 5.54 Å². The van der Waals surface area contributed by atoms with Gasteiger partial charge in [-0.2, -0.15) is 0 Å². The van der Waals surface area contributed by atoms with E-state index < -0.39 is 0 Å². The van der Waals surface area contributed by atoms with Crippen molar-refractivity contribution in [1.82, 2.24) is 0 Å². The average molecular weight is 235 g/mol. The Morgan fingerprint density at radius 3 is 3.06 bits per heavy atom. The van der Waals surface area contributed by atoms with E-state index in [9.17, 15) is 0 Å². The summed E-state index contributed by atoms with van der Waals surface area (Å²) in [6.45, 7) is 4.18. The van der Waals surface area contributed by atoms with Crippen molar-refractivity contribution in [3.05, 3.63) is 29.8 Å². The number of benzene rings is 1. The molecule has 94 valence electrons. The highest BCUT2D eigenvalue weighted by Gasteiger charge is 2.31. The van der Waals surface area contributed by atoms with Gasteiger partial charge < -0.3 is 15.2 Å². The van der Waals surface area contributed by atoms with Crippen molar-refractivity contribution in [2.45, 2.75) is 31.7 Å². The third-order valence-corrected chi connectivity index (χ3v) is 3.20. The molecule has 0 aliphatic carbocycles. The van der Waals surface area contributed by atoms with Crippen LogP contribution >= 0.6 is 0 Å². The Labute approximate surface area is 103 Å². The molecule has 0 radical (unpaired) electrons. The van der Waals surface area contributed by atoms with Crippen molar-refractivity contribution in [2.24, 2.45) is 5.73 Å². The molecule has 17 heavy (non-hydrogen) atoms. The first-order valence-corrected chi connectivity index (χ1v) is 6.31. The molecule has 0 saturated heterocycles. The van der Waals surface area contributed by atoms with Gasteiger partial charge in [-0.25, -0.2) is 0 Å². The van der Waals surface area contributed by atoms with Crippen LogP contribution in [0, 0.1) is 0 Å². The van der Waals surface area contributed by atoms with Gasteiger partial charge in [0, 0.05) is 13.2 Å². The molecular formula is C14H21NO2. The van der Waals surface area contributed by atoms with Crippen molar-refractivity contribution in [3.8, 4) is 5.75 Å². The minimum Gasteiger partial charge on any atom is -0.491 e. The maximum atomic E-state index is 6.38. The van der Waals surface area contributed by atoms with Gasteiger partial charge in [0.15, 0.2) is 0 Å². The Morgan fingerprint density at radius 2 is 2.24 bits per heavy atom. The largest absolute Gasteiger partial charge is 0.491 e. The number of rotatable bonds is 5. The zero-order valence-corrected chi connectivity index (χ0v) is 10.4. The van der Waals surface area contributed by atoms with Gasteiger partial charge in [-0.15, -0.1) is 0 Å². The van der Waals surface area contributed by atoms with Crippen molar-refractivity contribution in [3.63, 3.8) is 0 Å². The number of ether oxygens (including phenoxy) is 2. The second-order valence-corrected chi connectivity index (χ2v) is 4.74. The fraction of sp³-hybridized carbons (Fsp3) is 0.571. The van der Waals surface area contributed by atoms with Crippen molar-refractivity contribution < 1.29 is 9.47 Å². The van der Waals surface area contributed by atoms with Gasteiger partial charge >= 0.3 is 0 Å². The number of para-hydroxylation sites is 1. The van der Waals surface area contributed by atoms with Crippen LogP contribution in [0.1, 0.15) is 25.3 Å². The highest BCUT2D eigenvalue weighted by Crippen LogP contribution is 2.30. The van der Waals surface area contributed by atoms with Crippen LogP contribution in [0.4, 0.5) is 0 Å². The molecule has 0 spiro atoms. The molecule has 0 amide bonds. The molecular weight excluding hydrogens is 214 g/mol. The molecule has 0 bridgehead atoms. The predicted octanol–water partition coefficient (Wildman–Crippen LogP) is 2.14. The zero-order chi connectivity index (χ0) is 12.1. The van der Waals surface area contributed by atoms with Gasteiger partial charge in [0.25, 0.3) is 0 Å². The predicted molar refractivity (Wildman–Crippen MR) is 68.3 cm³/mol. The van der Waals surface area contributed by atoms with Gasteiger partial charge in [-0.1, -0.05) is 18.2 Å². The minimum atomic E-state index is -0.231. The summed E-state index contributed by atoms with van der Waals surface area (Å²) in [5.74, 6) is 0.985. The van der Waals surface area contributed by atoms with E-state index in [4.69, 9.17) is 15.2 Å². The average Bonchev–Trinajstić information content (AvgIpc) is 2.35. The van der Waals surface area contributed by atoms with Crippen LogP contribution in [0.15, 0.2) is 24.3 Å². The number of nitrogens with two attached hydrogens (primary N) is 1. The van der Waals surface area contributed by atoms with Crippen molar-refractivity contribution in [2.75, 3.05) is 19.8 Å². The SMILES string of the molecule is CCOCCCC1(N)COc2ccccc2C1. The fourth-order valence-corrected chi connectivity index (χ4v) is 2.27. The molecule has 0 saturated carbocycles. The quantitative estimate of drug-likeness (QED) is 0.795. The van der Waals surface area contributed by atoms with Gasteiger partial charge in [-0.3, -0.25) is 0 Å². The third-order valence-electron chi connectivity index (χ3n) is 3.20. The molecule has 1 unspecified atom stereocenters. The topological polar surface area (TPSA) is 44.5 Å². The summed E-state index contributed by atoms with van der Waals surface area (Å²) in [4.78, 5) is 0. The summed E-state index contributed by atoms with van der Waals surface area (Å²) in [7, 11) is 0. The molecule has 0 fully saturated rings. The second-order valence-electron chi connectivity index (χ2n) is 4.74. The molecule has 3 nitrogen and oxygen atoms in total. The Balaban J connectivity index is 1.91. The van der Waals surface area contributed by atoms with Gasteiger partial charge in [0.2, 0.25) is 0 Å². The molecule has 1 aromatic carbocycles. The standard InChI is InChI=1S/C14H21NO2/c1-2-16-9-5-8-14(15)10-12-6-3-4-7-13(12)17-11-14/h3-4,6-7H,2,5,8-11,15H2,1H3. The Kier molecular flexibility index (Phi) is 4.02. The van der Waals surface area contributed by atoms with Crippen LogP contribution < -0.4 is 10.5 Å². The lowest BCUT2D eigenvalue weighted by Crippen LogP contribution is -2.50. The maximum absolute atomic E-state index is 6.38. The van der Waals surface area contributed by atoms with E-state index in [1.165, 1.54) is 5.56 Å². The summed E-state index contributed by atoms with van der Waals surface area (Å²) in [5.41, 5.74) is 7.36. The monoisotopic (exact) mass is 235 g/mol. The highest BCUT2D eigenvalue weighted by atomic mass is 16.5. The molecule has 1 aliphatic heterocycles. The molecule has 1 heterocycles. The minimum absolute atomic E-state index is 0.231. The van der Waals surface area contributed by atoms with Crippen molar-refractivity contribution >= 4 is 0 Å².